The highest BCUT2D eigenvalue weighted by Crippen LogP contribution is 2.23. The Morgan fingerprint density at radius 3 is 1.72 bits per heavy atom. The highest BCUT2D eigenvalue weighted by Gasteiger charge is 2.36. The lowest BCUT2D eigenvalue weighted by molar-refractivity contribution is -0.163. The molecular weight excluding hydrogens is 374 g/mol. The molecule has 0 saturated heterocycles. The van der Waals surface area contributed by atoms with Crippen LogP contribution in [-0.4, -0.2) is 48.4 Å². The van der Waals surface area contributed by atoms with Gasteiger partial charge in [-0.15, -0.1) is 0 Å². The van der Waals surface area contributed by atoms with E-state index in [1.54, 1.807) is 24.3 Å². The Morgan fingerprint density at radius 1 is 0.862 bits per heavy atom. The number of carbonyl (C=O) groups excluding carboxylic acids is 4. The predicted molar refractivity (Wildman–Crippen MR) is 106 cm³/mol. The molecule has 1 aromatic carbocycles. The molecule has 0 aromatic heterocycles. The van der Waals surface area contributed by atoms with Crippen LogP contribution in [-0.2, 0) is 19.1 Å². The molecule has 29 heavy (non-hydrogen) atoms. The number of fused-ring (bicyclic) bond motifs is 1. The van der Waals surface area contributed by atoms with Crippen molar-refractivity contribution < 1.29 is 28.7 Å². The van der Waals surface area contributed by atoms with E-state index in [4.69, 9.17) is 9.47 Å². The van der Waals surface area contributed by atoms with Gasteiger partial charge in [-0.2, -0.15) is 0 Å². The monoisotopic (exact) mass is 403 g/mol. The second kappa shape index (κ2) is 10.2. The number of amides is 2. The van der Waals surface area contributed by atoms with Crippen LogP contribution in [0.15, 0.2) is 24.3 Å². The van der Waals surface area contributed by atoms with Crippen LogP contribution in [0.4, 0.5) is 0 Å². The highest BCUT2D eigenvalue weighted by atomic mass is 16.6. The van der Waals surface area contributed by atoms with Crippen LogP contribution in [0.2, 0.25) is 0 Å². The van der Waals surface area contributed by atoms with Crippen LogP contribution in [0, 0.1) is 17.8 Å². The number of nitrogens with zero attached hydrogens (tertiary/aromatic N) is 1. The maximum atomic E-state index is 12.4. The smallest absolute Gasteiger partial charge is 0.320 e. The van der Waals surface area contributed by atoms with Crippen molar-refractivity contribution in [2.45, 2.75) is 40.5 Å². The first-order valence-corrected chi connectivity index (χ1v) is 10.0. The van der Waals surface area contributed by atoms with Crippen LogP contribution in [0.5, 0.6) is 0 Å². The molecule has 1 heterocycles. The summed E-state index contributed by atoms with van der Waals surface area (Å²) in [5, 5.41) is 0. The highest BCUT2D eigenvalue weighted by molar-refractivity contribution is 6.21. The van der Waals surface area contributed by atoms with Crippen molar-refractivity contribution in [3.8, 4) is 0 Å². The molecule has 7 nitrogen and oxygen atoms in total. The molecule has 0 unspecified atom stereocenters. The summed E-state index contributed by atoms with van der Waals surface area (Å²) in [4.78, 5) is 50.8. The van der Waals surface area contributed by atoms with Crippen molar-refractivity contribution in [2.24, 2.45) is 17.8 Å². The molecule has 1 aromatic rings. The molecule has 0 aliphatic carbocycles. The zero-order chi connectivity index (χ0) is 21.6. The van der Waals surface area contributed by atoms with Gasteiger partial charge in [0, 0.05) is 6.54 Å². The average Bonchev–Trinajstić information content (AvgIpc) is 2.92. The number of imide groups is 1. The van der Waals surface area contributed by atoms with Crippen LogP contribution >= 0.6 is 0 Å². The summed E-state index contributed by atoms with van der Waals surface area (Å²) in [7, 11) is 0. The molecule has 0 atom stereocenters. The quantitative estimate of drug-likeness (QED) is 0.339. The standard InChI is InChI=1S/C22H29NO6/c1-14(2)12-28-21(26)18(22(27)29-13-15(3)4)10-7-11-23-19(24)16-8-5-6-9-17(16)20(23)25/h5-6,8-9,14-15,18H,7,10-13H2,1-4H3. The van der Waals surface area contributed by atoms with Gasteiger partial charge in [-0.25, -0.2) is 0 Å². The fourth-order valence-corrected chi connectivity index (χ4v) is 2.93. The molecule has 0 radical (unpaired) electrons. The summed E-state index contributed by atoms with van der Waals surface area (Å²) < 4.78 is 10.4. The van der Waals surface area contributed by atoms with Crippen molar-refractivity contribution in [1.29, 1.82) is 0 Å². The summed E-state index contributed by atoms with van der Waals surface area (Å²) in [5.41, 5.74) is 0.753. The number of carbonyl (C=O) groups is 4. The van der Waals surface area contributed by atoms with Crippen molar-refractivity contribution in [3.63, 3.8) is 0 Å². The molecular formula is C22H29NO6. The molecule has 0 N–H and O–H groups in total. The lowest BCUT2D eigenvalue weighted by Gasteiger charge is -2.18. The average molecular weight is 403 g/mol. The van der Waals surface area contributed by atoms with E-state index in [2.05, 4.69) is 0 Å². The Balaban J connectivity index is 1.98. The summed E-state index contributed by atoms with van der Waals surface area (Å²) in [6.07, 6.45) is 0.435. The van der Waals surface area contributed by atoms with E-state index in [0.717, 1.165) is 4.90 Å². The molecule has 0 spiro atoms. The third kappa shape index (κ3) is 5.89. The minimum Gasteiger partial charge on any atom is -0.465 e. The van der Waals surface area contributed by atoms with Gasteiger partial charge in [-0.05, 0) is 36.8 Å². The fraction of sp³-hybridized carbons (Fsp3) is 0.545. The largest absolute Gasteiger partial charge is 0.465 e. The van der Waals surface area contributed by atoms with E-state index in [0.29, 0.717) is 17.5 Å². The van der Waals surface area contributed by atoms with Gasteiger partial charge in [0.1, 0.15) is 0 Å². The number of rotatable bonds is 10. The minimum absolute atomic E-state index is 0.123. The number of hydrogen-bond donors (Lipinski definition) is 0. The molecule has 0 saturated carbocycles. The Kier molecular flexibility index (Phi) is 7.93. The Morgan fingerprint density at radius 2 is 1.31 bits per heavy atom. The second-order valence-corrected chi connectivity index (χ2v) is 8.05. The van der Waals surface area contributed by atoms with Gasteiger partial charge >= 0.3 is 11.9 Å². The summed E-state index contributed by atoms with van der Waals surface area (Å²) in [6.45, 7) is 8.17. The third-order valence-corrected chi connectivity index (χ3v) is 4.44. The predicted octanol–water partition coefficient (Wildman–Crippen LogP) is 3.08. The third-order valence-electron chi connectivity index (χ3n) is 4.44. The summed E-state index contributed by atoms with van der Waals surface area (Å²) in [6, 6.07) is 6.65. The van der Waals surface area contributed by atoms with Crippen LogP contribution in [0.25, 0.3) is 0 Å². The first kappa shape index (κ1) is 22.6. The maximum absolute atomic E-state index is 12.4. The number of hydrogen-bond acceptors (Lipinski definition) is 6. The first-order valence-electron chi connectivity index (χ1n) is 10.0. The number of benzene rings is 1. The molecule has 2 amide bonds. The van der Waals surface area contributed by atoms with E-state index < -0.39 is 17.9 Å². The van der Waals surface area contributed by atoms with Crippen molar-refractivity contribution in [1.82, 2.24) is 4.90 Å². The van der Waals surface area contributed by atoms with Crippen LogP contribution in [0.1, 0.15) is 61.3 Å². The van der Waals surface area contributed by atoms with Gasteiger partial charge in [-0.3, -0.25) is 24.1 Å². The molecule has 7 heteroatoms. The zero-order valence-corrected chi connectivity index (χ0v) is 17.5. The SMILES string of the molecule is CC(C)COC(=O)C(CCCN1C(=O)c2ccccc2C1=O)C(=O)OCC(C)C. The lowest BCUT2D eigenvalue weighted by atomic mass is 10.0. The minimum atomic E-state index is -1.07. The molecule has 2 rings (SSSR count). The maximum Gasteiger partial charge on any atom is 0.320 e. The van der Waals surface area contributed by atoms with Crippen LogP contribution in [0.3, 0.4) is 0 Å². The van der Waals surface area contributed by atoms with Crippen molar-refractivity contribution in [3.05, 3.63) is 35.4 Å². The number of ether oxygens (including phenoxy) is 2. The second-order valence-electron chi connectivity index (χ2n) is 8.05. The Labute approximate surface area is 171 Å². The molecule has 0 bridgehead atoms. The molecule has 158 valence electrons. The van der Waals surface area contributed by atoms with Crippen molar-refractivity contribution >= 4 is 23.8 Å². The van der Waals surface area contributed by atoms with Gasteiger partial charge in [0.25, 0.3) is 11.8 Å². The van der Waals surface area contributed by atoms with Gasteiger partial charge < -0.3 is 9.47 Å². The first-order chi connectivity index (χ1) is 13.7. The van der Waals surface area contributed by atoms with E-state index in [1.807, 2.05) is 27.7 Å². The summed E-state index contributed by atoms with van der Waals surface area (Å²) >= 11 is 0. The van der Waals surface area contributed by atoms with E-state index in [-0.39, 0.29) is 49.8 Å². The van der Waals surface area contributed by atoms with Gasteiger partial charge in [-0.1, -0.05) is 39.8 Å². The molecule has 0 fully saturated rings. The Bertz CT molecular complexity index is 711. The summed E-state index contributed by atoms with van der Waals surface area (Å²) in [5.74, 6) is -2.75. The van der Waals surface area contributed by atoms with Gasteiger partial charge in [0.2, 0.25) is 0 Å². The normalized spacial score (nSPS) is 13.4. The fourth-order valence-electron chi connectivity index (χ4n) is 2.93. The Hall–Kier alpha value is -2.70. The number of esters is 2. The molecule has 1 aliphatic rings. The van der Waals surface area contributed by atoms with Crippen LogP contribution < -0.4 is 0 Å². The van der Waals surface area contributed by atoms with Crippen molar-refractivity contribution in [2.75, 3.05) is 19.8 Å². The molecule has 1 aliphatic heterocycles. The zero-order valence-electron chi connectivity index (χ0n) is 17.5. The van der Waals surface area contributed by atoms with Gasteiger partial charge in [0.05, 0.1) is 24.3 Å². The van der Waals surface area contributed by atoms with E-state index in [9.17, 15) is 19.2 Å². The topological polar surface area (TPSA) is 90.0 Å². The lowest BCUT2D eigenvalue weighted by Crippen LogP contribution is -2.33. The van der Waals surface area contributed by atoms with E-state index >= 15 is 0 Å². The van der Waals surface area contributed by atoms with E-state index in [1.165, 1.54) is 0 Å². The van der Waals surface area contributed by atoms with Gasteiger partial charge in [0.15, 0.2) is 5.92 Å².